The zero-order chi connectivity index (χ0) is 24.6. The lowest BCUT2D eigenvalue weighted by Crippen LogP contribution is -2.29. The van der Waals surface area contributed by atoms with E-state index in [9.17, 15) is 27.6 Å². The Bertz CT molecular complexity index is 1500. The SMILES string of the molecule is CC(C)CCn1c(=O)c2ccccc2n2c(=O)n(CC(=O)Nc3ccccc3C(F)(F)F)nc12. The lowest BCUT2D eigenvalue weighted by atomic mass is 10.1. The number of halogens is 3. The fourth-order valence-corrected chi connectivity index (χ4v) is 3.72. The second-order valence-electron chi connectivity index (χ2n) is 8.32. The average Bonchev–Trinajstić information content (AvgIpc) is 3.09. The highest BCUT2D eigenvalue weighted by atomic mass is 19.4. The van der Waals surface area contributed by atoms with Crippen LogP contribution in [0.5, 0.6) is 0 Å². The molecule has 0 saturated heterocycles. The lowest BCUT2D eigenvalue weighted by Gasteiger charge is -2.13. The molecule has 2 heterocycles. The molecule has 0 spiro atoms. The molecule has 1 amide bonds. The molecule has 0 aliphatic heterocycles. The summed E-state index contributed by atoms with van der Waals surface area (Å²) in [7, 11) is 0. The molecule has 178 valence electrons. The highest BCUT2D eigenvalue weighted by molar-refractivity contribution is 5.91. The summed E-state index contributed by atoms with van der Waals surface area (Å²) in [6.45, 7) is 3.68. The predicted octanol–water partition coefficient (Wildman–Crippen LogP) is 3.51. The minimum Gasteiger partial charge on any atom is -0.324 e. The van der Waals surface area contributed by atoms with E-state index in [0.717, 1.165) is 16.8 Å². The Hall–Kier alpha value is -3.89. The second-order valence-corrected chi connectivity index (χ2v) is 8.32. The Morgan fingerprint density at radius 3 is 2.44 bits per heavy atom. The van der Waals surface area contributed by atoms with Crippen molar-refractivity contribution in [1.82, 2.24) is 18.7 Å². The summed E-state index contributed by atoms with van der Waals surface area (Å²) in [6.07, 6.45) is -4.00. The van der Waals surface area contributed by atoms with Gasteiger partial charge >= 0.3 is 11.9 Å². The Kier molecular flexibility index (Phi) is 6.03. The minimum atomic E-state index is -4.66. The molecule has 11 heteroatoms. The first-order chi connectivity index (χ1) is 16.1. The van der Waals surface area contributed by atoms with Crippen LogP contribution in [0, 0.1) is 5.92 Å². The Labute approximate surface area is 191 Å². The third-order valence-electron chi connectivity index (χ3n) is 5.41. The number of carbonyl (C=O) groups is 1. The molecule has 1 N–H and O–H groups in total. The number of nitrogens with one attached hydrogen (secondary N) is 1. The van der Waals surface area contributed by atoms with Gasteiger partial charge in [0.05, 0.1) is 22.2 Å². The Balaban J connectivity index is 1.76. The van der Waals surface area contributed by atoms with E-state index in [1.807, 2.05) is 13.8 Å². The van der Waals surface area contributed by atoms with Gasteiger partial charge in [0.15, 0.2) is 0 Å². The van der Waals surface area contributed by atoms with E-state index < -0.39 is 35.6 Å². The zero-order valence-corrected chi connectivity index (χ0v) is 18.5. The Morgan fingerprint density at radius 1 is 1.06 bits per heavy atom. The van der Waals surface area contributed by atoms with Gasteiger partial charge in [-0.3, -0.25) is 14.2 Å². The normalized spacial score (nSPS) is 12.1. The second kappa shape index (κ2) is 8.81. The Morgan fingerprint density at radius 2 is 1.74 bits per heavy atom. The first kappa shape index (κ1) is 23.3. The van der Waals surface area contributed by atoms with E-state index >= 15 is 0 Å². The van der Waals surface area contributed by atoms with E-state index in [1.54, 1.807) is 24.3 Å². The van der Waals surface area contributed by atoms with Gasteiger partial charge in [0.2, 0.25) is 11.7 Å². The molecule has 0 aliphatic rings. The van der Waals surface area contributed by atoms with Gasteiger partial charge in [0.1, 0.15) is 6.54 Å². The van der Waals surface area contributed by atoms with Crippen LogP contribution in [0.2, 0.25) is 0 Å². The van der Waals surface area contributed by atoms with Crippen LogP contribution < -0.4 is 16.6 Å². The number of rotatable bonds is 6. The van der Waals surface area contributed by atoms with Crippen LogP contribution in [0.25, 0.3) is 16.7 Å². The fourth-order valence-electron chi connectivity index (χ4n) is 3.72. The maximum absolute atomic E-state index is 13.2. The van der Waals surface area contributed by atoms with E-state index in [4.69, 9.17) is 0 Å². The smallest absolute Gasteiger partial charge is 0.324 e. The number of hydrogen-bond acceptors (Lipinski definition) is 4. The highest BCUT2D eigenvalue weighted by Crippen LogP contribution is 2.34. The maximum Gasteiger partial charge on any atom is 0.418 e. The van der Waals surface area contributed by atoms with Crippen LogP contribution in [-0.2, 0) is 24.1 Å². The van der Waals surface area contributed by atoms with Gasteiger partial charge < -0.3 is 5.32 Å². The van der Waals surface area contributed by atoms with Crippen molar-refractivity contribution >= 4 is 28.3 Å². The van der Waals surface area contributed by atoms with Crippen LogP contribution >= 0.6 is 0 Å². The third kappa shape index (κ3) is 4.33. The van der Waals surface area contributed by atoms with E-state index in [0.29, 0.717) is 23.9 Å². The number of benzene rings is 2. The molecule has 2 aromatic carbocycles. The predicted molar refractivity (Wildman–Crippen MR) is 121 cm³/mol. The van der Waals surface area contributed by atoms with Gasteiger partial charge in [-0.2, -0.15) is 13.2 Å². The molecule has 0 fully saturated rings. The number of alkyl halides is 3. The third-order valence-corrected chi connectivity index (χ3v) is 5.41. The van der Waals surface area contributed by atoms with Crippen LogP contribution in [0.15, 0.2) is 58.1 Å². The molecule has 0 aliphatic carbocycles. The van der Waals surface area contributed by atoms with Gasteiger partial charge in [0.25, 0.3) is 5.56 Å². The molecule has 0 atom stereocenters. The van der Waals surface area contributed by atoms with E-state index in [1.165, 1.54) is 21.1 Å². The van der Waals surface area contributed by atoms with Gasteiger partial charge in [0, 0.05) is 6.54 Å². The van der Waals surface area contributed by atoms with Crippen LogP contribution in [0.4, 0.5) is 18.9 Å². The van der Waals surface area contributed by atoms with Crippen molar-refractivity contribution < 1.29 is 18.0 Å². The largest absolute Gasteiger partial charge is 0.418 e. The summed E-state index contributed by atoms with van der Waals surface area (Å²) >= 11 is 0. The number of hydrogen-bond donors (Lipinski definition) is 1. The molecular weight excluding hydrogens is 451 g/mol. The monoisotopic (exact) mass is 473 g/mol. The fraction of sp³-hybridized carbons (Fsp3) is 0.304. The number of fused-ring (bicyclic) bond motifs is 3. The zero-order valence-electron chi connectivity index (χ0n) is 18.5. The molecule has 34 heavy (non-hydrogen) atoms. The van der Waals surface area contributed by atoms with Crippen molar-refractivity contribution in [2.24, 2.45) is 5.92 Å². The molecule has 0 radical (unpaired) electrons. The summed E-state index contributed by atoms with van der Waals surface area (Å²) in [6, 6.07) is 11.1. The van der Waals surface area contributed by atoms with Crippen LogP contribution in [-0.4, -0.2) is 24.7 Å². The highest BCUT2D eigenvalue weighted by Gasteiger charge is 2.33. The average molecular weight is 473 g/mol. The summed E-state index contributed by atoms with van der Waals surface area (Å²) in [5.74, 6) is -0.507. The molecule has 4 rings (SSSR count). The number of nitrogens with zero attached hydrogens (tertiary/aromatic N) is 4. The molecule has 0 unspecified atom stereocenters. The quantitative estimate of drug-likeness (QED) is 0.464. The van der Waals surface area contributed by atoms with Crippen molar-refractivity contribution in [1.29, 1.82) is 0 Å². The van der Waals surface area contributed by atoms with E-state index in [2.05, 4.69) is 10.4 Å². The summed E-state index contributed by atoms with van der Waals surface area (Å²) in [5, 5.41) is 6.73. The summed E-state index contributed by atoms with van der Waals surface area (Å²) in [4.78, 5) is 38.8. The molecule has 4 aromatic rings. The number of anilines is 1. The lowest BCUT2D eigenvalue weighted by molar-refractivity contribution is -0.137. The van der Waals surface area contributed by atoms with E-state index in [-0.39, 0.29) is 17.3 Å². The molecule has 8 nitrogen and oxygen atoms in total. The van der Waals surface area contributed by atoms with Crippen LogP contribution in [0.1, 0.15) is 25.8 Å². The molecular formula is C23H22F3N5O3. The van der Waals surface area contributed by atoms with Crippen molar-refractivity contribution in [3.63, 3.8) is 0 Å². The number of aromatic nitrogens is 4. The van der Waals surface area contributed by atoms with Crippen molar-refractivity contribution in [2.45, 2.75) is 39.5 Å². The number of carbonyl (C=O) groups excluding carboxylic acids is 1. The number of aryl methyl sites for hydroxylation is 1. The van der Waals surface area contributed by atoms with Gasteiger partial charge in [-0.25, -0.2) is 13.9 Å². The van der Waals surface area contributed by atoms with Crippen LogP contribution in [0.3, 0.4) is 0 Å². The first-order valence-corrected chi connectivity index (χ1v) is 10.6. The number of amides is 1. The molecule has 0 saturated carbocycles. The standard InChI is InChI=1S/C23H22F3N5O3/c1-14(2)11-12-29-20(33)15-7-3-6-10-18(15)31-21(29)28-30(22(31)34)13-19(32)27-17-9-5-4-8-16(17)23(24,25)26/h3-10,14H,11-13H2,1-2H3,(H,27,32). The maximum atomic E-state index is 13.2. The van der Waals surface area contributed by atoms with Crippen molar-refractivity contribution in [2.75, 3.05) is 5.32 Å². The summed E-state index contributed by atoms with van der Waals surface area (Å²) < 4.78 is 43.2. The van der Waals surface area contributed by atoms with Crippen molar-refractivity contribution in [3.05, 3.63) is 74.9 Å². The number of para-hydroxylation sites is 2. The van der Waals surface area contributed by atoms with Gasteiger partial charge in [-0.05, 0) is 36.6 Å². The topological polar surface area (TPSA) is 90.4 Å². The molecule has 0 bridgehead atoms. The molecule has 2 aromatic heterocycles. The van der Waals surface area contributed by atoms with Crippen molar-refractivity contribution in [3.8, 4) is 0 Å². The summed E-state index contributed by atoms with van der Waals surface area (Å²) in [5.41, 5.74) is -2.08. The minimum absolute atomic E-state index is 0.0674. The van der Waals surface area contributed by atoms with Gasteiger partial charge in [-0.15, -0.1) is 5.10 Å². The van der Waals surface area contributed by atoms with Gasteiger partial charge in [-0.1, -0.05) is 38.1 Å². The first-order valence-electron chi connectivity index (χ1n) is 10.6.